The number of hydrogen-bond donors (Lipinski definition) is 2. The lowest BCUT2D eigenvalue weighted by atomic mass is 9.86. The molecule has 0 aliphatic carbocycles. The number of unbranched alkanes of at least 4 members (excludes halogenated alkanes) is 4. The highest BCUT2D eigenvalue weighted by Gasteiger charge is 2.20. The Balaban J connectivity index is 2.55. The molecule has 0 aliphatic rings. The molecule has 25 heavy (non-hydrogen) atoms. The van der Waals surface area contributed by atoms with Crippen molar-refractivity contribution in [3.05, 3.63) is 48.0 Å². The topological polar surface area (TPSA) is 66.4 Å². The first kappa shape index (κ1) is 20.9. The molecule has 1 atom stereocenters. The number of carboxylic acid groups (broad SMARTS) is 1. The molecule has 4 heteroatoms. The number of hydrogen-bond acceptors (Lipinski definition) is 2. The van der Waals surface area contributed by atoms with Crippen LogP contribution >= 0.6 is 0 Å². The maximum Gasteiger partial charge on any atom is 0.326 e. The van der Waals surface area contributed by atoms with E-state index in [4.69, 9.17) is 0 Å². The third-order valence-corrected chi connectivity index (χ3v) is 4.27. The van der Waals surface area contributed by atoms with Gasteiger partial charge in [-0.2, -0.15) is 0 Å². The molecule has 0 radical (unpaired) electrons. The summed E-state index contributed by atoms with van der Waals surface area (Å²) in [5.41, 5.74) is 1.65. The van der Waals surface area contributed by atoms with Crippen LogP contribution in [0.3, 0.4) is 0 Å². The van der Waals surface area contributed by atoms with E-state index in [0.717, 1.165) is 37.7 Å². The summed E-state index contributed by atoms with van der Waals surface area (Å²) < 4.78 is 0. The number of rotatable bonds is 10. The molecule has 1 aromatic carbocycles. The fourth-order valence-electron chi connectivity index (χ4n) is 2.61. The number of aliphatic carboxylic acids is 1. The molecular formula is C21H31NO3. The van der Waals surface area contributed by atoms with Gasteiger partial charge in [0.05, 0.1) is 0 Å². The van der Waals surface area contributed by atoms with Gasteiger partial charge in [-0.1, -0.05) is 58.2 Å². The number of benzene rings is 1. The summed E-state index contributed by atoms with van der Waals surface area (Å²) in [6.45, 7) is 10.0. The molecule has 1 amide bonds. The van der Waals surface area contributed by atoms with E-state index in [9.17, 15) is 14.7 Å². The minimum absolute atomic E-state index is 0.0181. The summed E-state index contributed by atoms with van der Waals surface area (Å²) in [5.74, 6) is -1.31. The first-order chi connectivity index (χ1) is 11.8. The summed E-state index contributed by atoms with van der Waals surface area (Å²) in [6, 6.07) is 6.51. The van der Waals surface area contributed by atoms with Crippen LogP contribution in [0.5, 0.6) is 0 Å². The van der Waals surface area contributed by atoms with Crippen LogP contribution in [0, 0.1) is 0 Å². The Hall–Kier alpha value is -2.10. The molecule has 0 fully saturated rings. The Morgan fingerprint density at radius 1 is 1.12 bits per heavy atom. The van der Waals surface area contributed by atoms with Crippen molar-refractivity contribution in [2.45, 2.75) is 70.8 Å². The second-order valence-electron chi connectivity index (χ2n) is 7.47. The lowest BCUT2D eigenvalue weighted by Crippen LogP contribution is -2.40. The van der Waals surface area contributed by atoms with Gasteiger partial charge in [-0.15, -0.1) is 6.58 Å². The van der Waals surface area contributed by atoms with Gasteiger partial charge in [0.2, 0.25) is 0 Å². The predicted molar refractivity (Wildman–Crippen MR) is 102 cm³/mol. The molecule has 2 N–H and O–H groups in total. The second-order valence-corrected chi connectivity index (χ2v) is 7.47. The van der Waals surface area contributed by atoms with E-state index in [1.54, 1.807) is 12.1 Å². The predicted octanol–water partition coefficient (Wildman–Crippen LogP) is 4.69. The first-order valence-electron chi connectivity index (χ1n) is 9.01. The minimum atomic E-state index is -0.981. The second kappa shape index (κ2) is 10.0. The van der Waals surface area contributed by atoms with Gasteiger partial charge >= 0.3 is 5.97 Å². The zero-order chi connectivity index (χ0) is 18.9. The van der Waals surface area contributed by atoms with Gasteiger partial charge in [0.15, 0.2) is 0 Å². The maximum atomic E-state index is 12.3. The highest BCUT2D eigenvalue weighted by molar-refractivity contribution is 5.96. The normalized spacial score (nSPS) is 12.4. The van der Waals surface area contributed by atoms with Gasteiger partial charge in [0.25, 0.3) is 5.91 Å². The number of carbonyl (C=O) groups excluding carboxylic acids is 1. The van der Waals surface area contributed by atoms with Crippen molar-refractivity contribution in [1.82, 2.24) is 5.32 Å². The van der Waals surface area contributed by atoms with Gasteiger partial charge in [0, 0.05) is 5.56 Å². The van der Waals surface area contributed by atoms with Crippen LogP contribution in [0.4, 0.5) is 0 Å². The zero-order valence-electron chi connectivity index (χ0n) is 15.7. The number of carboxylic acids is 1. The van der Waals surface area contributed by atoms with E-state index >= 15 is 0 Å². The third-order valence-electron chi connectivity index (χ3n) is 4.27. The van der Waals surface area contributed by atoms with Gasteiger partial charge in [0.1, 0.15) is 6.04 Å². The van der Waals surface area contributed by atoms with Crippen LogP contribution in [0.15, 0.2) is 36.9 Å². The average Bonchev–Trinajstić information content (AvgIpc) is 2.55. The Bertz CT molecular complexity index is 570. The minimum Gasteiger partial charge on any atom is -0.480 e. The van der Waals surface area contributed by atoms with Crippen molar-refractivity contribution in [2.24, 2.45) is 0 Å². The highest BCUT2D eigenvalue weighted by Crippen LogP contribution is 2.22. The molecule has 4 nitrogen and oxygen atoms in total. The van der Waals surface area contributed by atoms with Gasteiger partial charge < -0.3 is 10.4 Å². The maximum absolute atomic E-state index is 12.3. The van der Waals surface area contributed by atoms with E-state index in [2.05, 4.69) is 32.7 Å². The average molecular weight is 345 g/mol. The number of amides is 1. The van der Waals surface area contributed by atoms with E-state index < -0.39 is 12.0 Å². The molecule has 0 saturated carbocycles. The molecule has 0 aromatic heterocycles. The Morgan fingerprint density at radius 2 is 1.72 bits per heavy atom. The molecule has 0 spiro atoms. The summed E-state index contributed by atoms with van der Waals surface area (Å²) in [7, 11) is 0. The lowest BCUT2D eigenvalue weighted by Gasteiger charge is -2.19. The van der Waals surface area contributed by atoms with Crippen LogP contribution in [-0.2, 0) is 10.2 Å². The van der Waals surface area contributed by atoms with Crippen LogP contribution in [0.1, 0.15) is 75.2 Å². The monoisotopic (exact) mass is 345 g/mol. The molecule has 0 saturated heterocycles. The molecule has 0 heterocycles. The lowest BCUT2D eigenvalue weighted by molar-refractivity contribution is -0.139. The number of carbonyl (C=O) groups is 2. The number of nitrogens with one attached hydrogen (secondary N) is 1. The third kappa shape index (κ3) is 7.55. The Morgan fingerprint density at radius 3 is 2.24 bits per heavy atom. The summed E-state index contributed by atoms with van der Waals surface area (Å²) >= 11 is 0. The van der Waals surface area contributed by atoms with Crippen LogP contribution in [0.25, 0.3) is 0 Å². The van der Waals surface area contributed by atoms with Crippen LogP contribution in [0.2, 0.25) is 0 Å². The molecule has 0 bridgehead atoms. The first-order valence-corrected chi connectivity index (χ1v) is 9.01. The van der Waals surface area contributed by atoms with Crippen molar-refractivity contribution in [3.8, 4) is 0 Å². The molecule has 1 rings (SSSR count). The molecule has 0 aliphatic heterocycles. The standard InChI is InChI=1S/C21H31NO3/c1-5-6-7-8-9-10-11-18(20(24)25)22-19(23)16-12-14-17(15-13-16)21(2,3)4/h5,12-15,18H,1,6-11H2,2-4H3,(H,22,23)(H,24,25)/t18-/m0/s1. The fourth-order valence-corrected chi connectivity index (χ4v) is 2.61. The highest BCUT2D eigenvalue weighted by atomic mass is 16.4. The zero-order valence-corrected chi connectivity index (χ0v) is 15.7. The van der Waals surface area contributed by atoms with E-state index in [-0.39, 0.29) is 11.3 Å². The van der Waals surface area contributed by atoms with Crippen molar-refractivity contribution in [3.63, 3.8) is 0 Å². The van der Waals surface area contributed by atoms with E-state index in [0.29, 0.717) is 12.0 Å². The van der Waals surface area contributed by atoms with Gasteiger partial charge in [-0.3, -0.25) is 4.79 Å². The van der Waals surface area contributed by atoms with Crippen molar-refractivity contribution in [2.75, 3.05) is 0 Å². The quantitative estimate of drug-likeness (QED) is 0.477. The fraction of sp³-hybridized carbons (Fsp3) is 0.524. The SMILES string of the molecule is C=CCCCCCC[C@H](NC(=O)c1ccc(C(C)(C)C)cc1)C(=O)O. The molecule has 138 valence electrons. The van der Waals surface area contributed by atoms with Crippen molar-refractivity contribution < 1.29 is 14.7 Å². The Labute approximate surface area is 151 Å². The van der Waals surface area contributed by atoms with Crippen LogP contribution < -0.4 is 5.32 Å². The van der Waals surface area contributed by atoms with E-state index in [1.807, 2.05) is 18.2 Å². The van der Waals surface area contributed by atoms with Crippen molar-refractivity contribution >= 4 is 11.9 Å². The molecule has 0 unspecified atom stereocenters. The summed E-state index contributed by atoms with van der Waals surface area (Å²) in [4.78, 5) is 23.7. The Kier molecular flexibility index (Phi) is 8.39. The van der Waals surface area contributed by atoms with E-state index in [1.165, 1.54) is 0 Å². The van der Waals surface area contributed by atoms with Crippen molar-refractivity contribution in [1.29, 1.82) is 0 Å². The number of allylic oxidation sites excluding steroid dienone is 1. The summed E-state index contributed by atoms with van der Waals surface area (Å²) in [6.07, 6.45) is 7.23. The smallest absolute Gasteiger partial charge is 0.326 e. The van der Waals surface area contributed by atoms with Gasteiger partial charge in [-0.05, 0) is 42.4 Å². The van der Waals surface area contributed by atoms with Crippen LogP contribution in [-0.4, -0.2) is 23.0 Å². The van der Waals surface area contributed by atoms with Gasteiger partial charge in [-0.25, -0.2) is 4.79 Å². The summed E-state index contributed by atoms with van der Waals surface area (Å²) in [5, 5.41) is 12.0. The molecular weight excluding hydrogens is 314 g/mol. The largest absolute Gasteiger partial charge is 0.480 e. The molecule has 1 aromatic rings.